The van der Waals surface area contributed by atoms with Crippen LogP contribution in [-0.2, 0) is 22.6 Å². The zero-order chi connectivity index (χ0) is 39.7. The Labute approximate surface area is 321 Å². The average molecular weight is 751 g/mol. The Morgan fingerprint density at radius 1 is 0.927 bits per heavy atom. The molecule has 0 aliphatic heterocycles. The van der Waals surface area contributed by atoms with Crippen LogP contribution in [0.25, 0.3) is 27.8 Å². The van der Waals surface area contributed by atoms with Crippen LogP contribution in [0.4, 0.5) is 13.2 Å². The van der Waals surface area contributed by atoms with E-state index in [-0.39, 0.29) is 22.8 Å². The maximum Gasteiger partial charge on any atom is 0.422 e. The van der Waals surface area contributed by atoms with E-state index in [4.69, 9.17) is 9.57 Å². The summed E-state index contributed by atoms with van der Waals surface area (Å²) in [5, 5.41) is 7.07. The molecule has 4 aromatic carbocycles. The fourth-order valence-corrected chi connectivity index (χ4v) is 8.27. The van der Waals surface area contributed by atoms with Crippen molar-refractivity contribution in [2.24, 2.45) is 16.5 Å². The molecule has 288 valence electrons. The molecule has 1 aliphatic rings. The van der Waals surface area contributed by atoms with Gasteiger partial charge in [0.25, 0.3) is 0 Å². The zero-order valence-electron chi connectivity index (χ0n) is 32.7. The number of fused-ring (bicyclic) bond motifs is 5. The summed E-state index contributed by atoms with van der Waals surface area (Å²) in [5.74, 6) is -0.331. The van der Waals surface area contributed by atoms with Crippen LogP contribution < -0.4 is 4.74 Å². The first-order chi connectivity index (χ1) is 26.2. The number of hydrogen-bond donors (Lipinski definition) is 0. The first-order valence-corrected chi connectivity index (χ1v) is 19.1. The quantitative estimate of drug-likeness (QED) is 0.0520. The number of alkyl halides is 3. The first kappa shape index (κ1) is 39.5. The highest BCUT2D eigenvalue weighted by atomic mass is 19.4. The smallest absolute Gasteiger partial charge is 0.422 e. The van der Waals surface area contributed by atoms with Crippen molar-refractivity contribution >= 4 is 45.2 Å². The number of unbranched alkanes of at least 4 members (excludes halogenated alkanes) is 1. The van der Waals surface area contributed by atoms with Crippen LogP contribution >= 0.6 is 0 Å². The van der Waals surface area contributed by atoms with Crippen LogP contribution in [0.3, 0.4) is 0 Å². The van der Waals surface area contributed by atoms with Crippen LogP contribution in [0.5, 0.6) is 5.75 Å². The minimum atomic E-state index is -4.56. The number of halogens is 3. The molecular weight excluding hydrogens is 702 g/mol. The van der Waals surface area contributed by atoms with E-state index in [2.05, 4.69) is 35.7 Å². The number of carbonyl (C=O) groups excluding carboxylic acids is 2. The molecule has 0 radical (unpaired) electrons. The van der Waals surface area contributed by atoms with Crippen LogP contribution in [0.2, 0.25) is 0 Å². The average Bonchev–Trinajstić information content (AvgIpc) is 3.43. The molecular formula is C46H49F3N2O4. The predicted molar refractivity (Wildman–Crippen MR) is 214 cm³/mol. The van der Waals surface area contributed by atoms with Crippen molar-refractivity contribution in [2.75, 3.05) is 6.61 Å². The molecule has 6 nitrogen and oxygen atoms in total. The van der Waals surface area contributed by atoms with Gasteiger partial charge in [-0.25, -0.2) is 4.79 Å². The second kappa shape index (κ2) is 15.9. The van der Waals surface area contributed by atoms with E-state index in [1.165, 1.54) is 13.0 Å². The summed E-state index contributed by atoms with van der Waals surface area (Å²) in [6.07, 6.45) is 4.15. The van der Waals surface area contributed by atoms with E-state index < -0.39 is 24.2 Å². The summed E-state index contributed by atoms with van der Waals surface area (Å²) in [5.41, 5.74) is 6.80. The minimum Gasteiger partial charge on any atom is -0.483 e. The Kier molecular flexibility index (Phi) is 11.4. The number of allylic oxidation sites excluding steroid dienone is 1. The van der Waals surface area contributed by atoms with Gasteiger partial charge >= 0.3 is 12.1 Å². The predicted octanol–water partition coefficient (Wildman–Crippen LogP) is 11.7. The summed E-state index contributed by atoms with van der Waals surface area (Å²) in [6.45, 7) is 12.8. The Morgan fingerprint density at radius 2 is 1.60 bits per heavy atom. The lowest BCUT2D eigenvalue weighted by Gasteiger charge is -2.32. The Balaban J connectivity index is 1.60. The third-order valence-electron chi connectivity index (χ3n) is 10.8. The van der Waals surface area contributed by atoms with Crippen molar-refractivity contribution in [1.29, 1.82) is 0 Å². The zero-order valence-corrected chi connectivity index (χ0v) is 32.7. The Morgan fingerprint density at radius 3 is 2.25 bits per heavy atom. The molecule has 0 fully saturated rings. The van der Waals surface area contributed by atoms with E-state index >= 15 is 0 Å². The molecule has 1 aliphatic carbocycles. The summed E-state index contributed by atoms with van der Waals surface area (Å²) < 4.78 is 47.8. The molecule has 0 amide bonds. The number of nitrogens with zero attached hydrogens (tertiary/aromatic N) is 2. The third kappa shape index (κ3) is 8.12. The number of para-hydroxylation sites is 1. The molecule has 1 heterocycles. The molecule has 0 spiro atoms. The summed E-state index contributed by atoms with van der Waals surface area (Å²) >= 11 is 0. The SMILES string of the molecule is CCCCC(CC)Cn1c2c(c3cc(C(=O)c4c(C)cc(C)cc4C)c4ccccc4c31)CC(C)(/C(=N\OC(C)=O)c1ccccc1OCC(F)(F)F)C=C2. The van der Waals surface area contributed by atoms with E-state index in [9.17, 15) is 22.8 Å². The summed E-state index contributed by atoms with van der Waals surface area (Å²) in [7, 11) is 0. The van der Waals surface area contributed by atoms with Crippen LogP contribution in [-0.4, -0.2) is 34.8 Å². The number of ketones is 1. The first-order valence-electron chi connectivity index (χ1n) is 19.1. The highest BCUT2D eigenvalue weighted by Crippen LogP contribution is 2.45. The Bertz CT molecular complexity index is 2310. The van der Waals surface area contributed by atoms with Crippen molar-refractivity contribution in [3.63, 3.8) is 0 Å². The summed E-state index contributed by atoms with van der Waals surface area (Å²) in [6, 6.07) is 20.6. The normalized spacial score (nSPS) is 16.4. The van der Waals surface area contributed by atoms with E-state index in [0.717, 1.165) is 81.9 Å². The van der Waals surface area contributed by atoms with Crippen LogP contribution in [0.15, 0.2) is 78.0 Å². The molecule has 2 atom stereocenters. The number of rotatable bonds is 13. The molecule has 1 aromatic heterocycles. The largest absolute Gasteiger partial charge is 0.483 e. The lowest BCUT2D eigenvalue weighted by atomic mass is 9.73. The summed E-state index contributed by atoms with van der Waals surface area (Å²) in [4.78, 5) is 32.1. The maximum atomic E-state index is 14.7. The fourth-order valence-electron chi connectivity index (χ4n) is 8.27. The molecule has 9 heteroatoms. The minimum absolute atomic E-state index is 0.0296. The number of ether oxygens (including phenoxy) is 1. The number of aryl methyl sites for hydroxylation is 3. The number of hydrogen-bond acceptors (Lipinski definition) is 5. The Hall–Kier alpha value is -5.18. The van der Waals surface area contributed by atoms with E-state index in [1.807, 2.05) is 70.2 Å². The van der Waals surface area contributed by atoms with Gasteiger partial charge in [0.1, 0.15) is 11.5 Å². The van der Waals surface area contributed by atoms with Crippen molar-refractivity contribution in [2.45, 2.75) is 93.3 Å². The van der Waals surface area contributed by atoms with Gasteiger partial charge in [-0.15, -0.1) is 0 Å². The number of oxime groups is 1. The fraction of sp³-hybridized carbons (Fsp3) is 0.370. The van der Waals surface area contributed by atoms with Gasteiger partial charge in [0.2, 0.25) is 0 Å². The molecule has 2 unspecified atom stereocenters. The molecule has 5 aromatic rings. The standard InChI is InChI=1S/C46H49F3N2O4/c1-8-10-15-32(9-2)26-51-39-20-21-45(7,44(50-55-31(6)52)35-18-13-14-19-40(35)54-27-46(47,48)49)25-38(39)36-24-37(33-16-11-12-17-34(33)42(36)51)43(53)41-29(4)22-28(3)23-30(41)5/h11-14,16-24,32H,8-10,15,25-27H2,1-7H3/b50-44-. The van der Waals surface area contributed by atoms with E-state index in [0.29, 0.717) is 23.5 Å². The van der Waals surface area contributed by atoms with Gasteiger partial charge in [0.15, 0.2) is 12.4 Å². The molecule has 55 heavy (non-hydrogen) atoms. The number of aromatic nitrogens is 1. The molecule has 0 saturated heterocycles. The van der Waals surface area contributed by atoms with Gasteiger partial charge in [-0.3, -0.25) is 4.79 Å². The van der Waals surface area contributed by atoms with Crippen molar-refractivity contribution in [3.05, 3.63) is 117 Å². The van der Waals surface area contributed by atoms with Crippen molar-refractivity contribution in [1.82, 2.24) is 4.57 Å². The highest BCUT2D eigenvalue weighted by Gasteiger charge is 2.39. The van der Waals surface area contributed by atoms with Gasteiger partial charge < -0.3 is 14.1 Å². The molecule has 0 saturated carbocycles. The second-order valence-corrected chi connectivity index (χ2v) is 15.2. The van der Waals surface area contributed by atoms with Gasteiger partial charge in [-0.05, 0) is 92.8 Å². The van der Waals surface area contributed by atoms with Gasteiger partial charge in [0, 0.05) is 52.0 Å². The van der Waals surface area contributed by atoms with Crippen LogP contribution in [0.1, 0.15) is 103 Å². The topological polar surface area (TPSA) is 69.9 Å². The second-order valence-electron chi connectivity index (χ2n) is 15.2. The van der Waals surface area contributed by atoms with Crippen LogP contribution in [0, 0.1) is 32.1 Å². The maximum absolute atomic E-state index is 14.7. The molecule has 0 bridgehead atoms. The lowest BCUT2D eigenvalue weighted by molar-refractivity contribution is -0.153. The molecule has 6 rings (SSSR count). The number of benzene rings is 4. The van der Waals surface area contributed by atoms with Gasteiger partial charge in [0.05, 0.1) is 5.52 Å². The monoisotopic (exact) mass is 750 g/mol. The van der Waals surface area contributed by atoms with Crippen molar-refractivity contribution in [3.8, 4) is 5.75 Å². The lowest BCUT2D eigenvalue weighted by Crippen LogP contribution is -2.32. The van der Waals surface area contributed by atoms with Gasteiger partial charge in [-0.2, -0.15) is 13.2 Å². The third-order valence-corrected chi connectivity index (χ3v) is 10.8. The highest BCUT2D eigenvalue weighted by molar-refractivity contribution is 6.23. The van der Waals surface area contributed by atoms with Crippen molar-refractivity contribution < 1.29 is 32.3 Å². The van der Waals surface area contributed by atoms with E-state index in [1.54, 1.807) is 18.2 Å². The number of carbonyl (C=O) groups is 2. The molecule has 0 N–H and O–H groups in total. The van der Waals surface area contributed by atoms with Gasteiger partial charge in [-0.1, -0.05) is 98.4 Å².